The highest BCUT2D eigenvalue weighted by Gasteiger charge is 2.58. The highest BCUT2D eigenvalue weighted by molar-refractivity contribution is 5.74. The lowest BCUT2D eigenvalue weighted by atomic mass is 9.94. The maximum absolute atomic E-state index is 12.8. The lowest BCUT2D eigenvalue weighted by Gasteiger charge is -2.50. The van der Waals surface area contributed by atoms with Crippen LogP contribution in [0.2, 0.25) is 0 Å². The summed E-state index contributed by atoms with van der Waals surface area (Å²) in [6, 6.07) is -5.14. The van der Waals surface area contributed by atoms with Crippen LogP contribution in [0, 0.1) is 0 Å². The second-order valence-corrected chi connectivity index (χ2v) is 21.8. The lowest BCUT2D eigenvalue weighted by Crippen LogP contribution is -2.70. The lowest BCUT2D eigenvalue weighted by molar-refractivity contribution is -0.381. The molecule has 0 aromatic carbocycles. The molecule has 23 N–H and O–H groups in total. The number of amides is 3. The molecular formula is C48H81N3O36. The molecule has 7 heterocycles. The summed E-state index contributed by atoms with van der Waals surface area (Å²) in [5.41, 5.74) is 0. The summed E-state index contributed by atoms with van der Waals surface area (Å²) in [4.78, 5) is 37.5. The van der Waals surface area contributed by atoms with Gasteiger partial charge in [-0.05, 0) is 0 Å². The van der Waals surface area contributed by atoms with Crippen LogP contribution in [0.25, 0.3) is 0 Å². The van der Waals surface area contributed by atoms with Gasteiger partial charge in [0.25, 0.3) is 0 Å². The van der Waals surface area contributed by atoms with E-state index in [9.17, 15) is 117 Å². The van der Waals surface area contributed by atoms with Gasteiger partial charge in [-0.3, -0.25) is 14.4 Å². The largest absolute Gasteiger partial charge is 0.394 e. The Morgan fingerprint density at radius 1 is 0.299 bits per heavy atom. The van der Waals surface area contributed by atoms with Gasteiger partial charge in [-0.15, -0.1) is 0 Å². The maximum atomic E-state index is 12.8. The van der Waals surface area contributed by atoms with Crippen molar-refractivity contribution >= 4 is 17.7 Å². The molecule has 0 aromatic heterocycles. The van der Waals surface area contributed by atoms with Crippen LogP contribution in [0.3, 0.4) is 0 Å². The maximum Gasteiger partial charge on any atom is 0.217 e. The fourth-order valence-corrected chi connectivity index (χ4v) is 11.1. The number of hydrogen-bond donors (Lipinski definition) is 23. The van der Waals surface area contributed by atoms with Crippen molar-refractivity contribution < 1.29 is 178 Å². The van der Waals surface area contributed by atoms with Crippen molar-refractivity contribution in [3.05, 3.63) is 0 Å². The Morgan fingerprint density at radius 2 is 0.621 bits per heavy atom. The first-order valence-corrected chi connectivity index (χ1v) is 27.6. The van der Waals surface area contributed by atoms with E-state index >= 15 is 0 Å². The molecule has 0 unspecified atom stereocenters. The van der Waals surface area contributed by atoms with E-state index in [2.05, 4.69) is 16.0 Å². The summed E-state index contributed by atoms with van der Waals surface area (Å²) in [6.07, 6.45) is -61.7. The van der Waals surface area contributed by atoms with Gasteiger partial charge in [0.1, 0.15) is 171 Å². The van der Waals surface area contributed by atoms with E-state index in [0.29, 0.717) is 0 Å². The third kappa shape index (κ3) is 15.8. The van der Waals surface area contributed by atoms with E-state index in [1.54, 1.807) is 0 Å². The molecule has 7 aliphatic heterocycles. The molecule has 504 valence electrons. The van der Waals surface area contributed by atoms with Gasteiger partial charge in [-0.25, -0.2) is 0 Å². The van der Waals surface area contributed by atoms with Crippen LogP contribution < -0.4 is 16.0 Å². The van der Waals surface area contributed by atoms with E-state index in [-0.39, 0.29) is 0 Å². The zero-order chi connectivity index (χ0) is 64.2. The van der Waals surface area contributed by atoms with Gasteiger partial charge in [0.2, 0.25) is 17.7 Å². The molecule has 87 heavy (non-hydrogen) atoms. The van der Waals surface area contributed by atoms with Crippen molar-refractivity contribution in [1.29, 1.82) is 0 Å². The Kier molecular flexibility index (Phi) is 25.6. The van der Waals surface area contributed by atoms with E-state index in [1.165, 1.54) is 0 Å². The molecule has 3 amide bonds. The molecule has 0 bridgehead atoms. The average Bonchev–Trinajstić information content (AvgIpc) is 1.29. The first-order valence-electron chi connectivity index (χ1n) is 27.6. The van der Waals surface area contributed by atoms with Crippen LogP contribution in [0.4, 0.5) is 0 Å². The molecule has 0 radical (unpaired) electrons. The van der Waals surface area contributed by atoms with Gasteiger partial charge in [0.15, 0.2) is 44.0 Å². The summed E-state index contributed by atoms with van der Waals surface area (Å²) in [5.74, 6) is -2.49. The summed E-state index contributed by atoms with van der Waals surface area (Å²) < 4.78 is 74.5. The van der Waals surface area contributed by atoms with Crippen molar-refractivity contribution in [3.8, 4) is 0 Å². The minimum Gasteiger partial charge on any atom is -0.394 e. The SMILES string of the molecule is CC(=O)N[C@H]1[C@H](OC[C@H]2O[C@@H](O)[C@H](O)[C@@H](O[C@@H]3O[C@H](CO)[C@@H](O)[C@H](O[C@@H]4O[C@H](CO)[C@H](O)[C@H](O[C@H]5O[C@H](CO)[C@H](O)[C@H](O)[C@H]5O)[C@H]4O)[C@H]3NC(C)=O)[C@H]2O)O[C@H](CO)[C@@H](O[C@@H]2O[C@H](CO)[C@H](O)[C@H](O[C@@H]3O[C@H](CO)[C@@H](O)[C@H](O)[C@H]3NC(C)=O)[C@H]2O)[C@@H]1O. The Labute approximate surface area is 492 Å². The molecule has 7 fully saturated rings. The van der Waals surface area contributed by atoms with Crippen LogP contribution in [0.15, 0.2) is 0 Å². The van der Waals surface area contributed by atoms with E-state index < -0.39 is 279 Å². The number of rotatable bonds is 22. The smallest absolute Gasteiger partial charge is 0.217 e. The number of aliphatic hydroxyl groups is 20. The highest BCUT2D eigenvalue weighted by Crippen LogP contribution is 2.37. The minimum atomic E-state index is -2.27. The second-order valence-electron chi connectivity index (χ2n) is 21.8. The summed E-state index contributed by atoms with van der Waals surface area (Å²) in [6.45, 7) is -3.76. The number of hydrogen-bond acceptors (Lipinski definition) is 36. The third-order valence-corrected chi connectivity index (χ3v) is 15.7. The van der Waals surface area contributed by atoms with Gasteiger partial charge >= 0.3 is 0 Å². The highest BCUT2D eigenvalue weighted by atomic mass is 16.8. The monoisotopic (exact) mass is 1280 g/mol. The van der Waals surface area contributed by atoms with Crippen LogP contribution in [-0.4, -0.2) is 381 Å². The van der Waals surface area contributed by atoms with Gasteiger partial charge in [0.05, 0.1) is 46.2 Å². The zero-order valence-corrected chi connectivity index (χ0v) is 46.6. The fourth-order valence-electron chi connectivity index (χ4n) is 11.1. The standard InChI is InChI=1S/C48H81N3O36/c1-11(58)49-21-30(67)24(61)14(4-52)77-44(21)86-40-27(64)17(7-55)80-47(35(40)72)83-37-19(9-57)82-43(22(31(37)68)50-12(2)59)75-10-20-29(66)39(34(71)42(74)76-20)85-45-23(51-13(3)60)38(26(63)16(6-54)78-45)84-48-36(73)41(28(65)18(8-56)81-48)87-46-33(70)32(69)25(62)15(5-53)79-46/h14-48,52-57,61-74H,4-10H2,1-3H3,(H,49,58)(H,50,59)(H,51,60)/t14-,15-,16-,17-,18-,19-,20-,21-,22-,23-,24-,25+,26-,27+,28+,29+,30-,31-,32+,33-,34-,35-,36-,37-,38-,39+,40+,41+,42-,43-,44+,45+,46-,47+,48+/m1/s1. The molecule has 0 aliphatic carbocycles. The zero-order valence-electron chi connectivity index (χ0n) is 46.6. The first kappa shape index (κ1) is 71.5. The molecule has 7 saturated heterocycles. The molecule has 39 nitrogen and oxygen atoms in total. The Hall–Kier alpha value is -2.91. The van der Waals surface area contributed by atoms with Crippen molar-refractivity contribution in [2.75, 3.05) is 46.2 Å². The molecule has 0 aromatic rings. The molecule has 7 rings (SSSR count). The van der Waals surface area contributed by atoms with Gasteiger partial charge < -0.3 is 180 Å². The number of nitrogens with one attached hydrogen (secondary N) is 3. The number of aliphatic hydroxyl groups excluding tert-OH is 20. The van der Waals surface area contributed by atoms with Crippen LogP contribution in [-0.2, 0) is 76.0 Å². The molecular weight excluding hydrogens is 1190 g/mol. The third-order valence-electron chi connectivity index (χ3n) is 15.7. The molecule has 0 saturated carbocycles. The number of ether oxygens (including phenoxy) is 13. The predicted molar refractivity (Wildman–Crippen MR) is 267 cm³/mol. The van der Waals surface area contributed by atoms with E-state index in [0.717, 1.165) is 20.8 Å². The van der Waals surface area contributed by atoms with Crippen LogP contribution >= 0.6 is 0 Å². The predicted octanol–water partition coefficient (Wildman–Crippen LogP) is -15.8. The van der Waals surface area contributed by atoms with Crippen LogP contribution in [0.1, 0.15) is 20.8 Å². The van der Waals surface area contributed by atoms with Crippen molar-refractivity contribution in [1.82, 2.24) is 16.0 Å². The Morgan fingerprint density at radius 3 is 1.08 bits per heavy atom. The average molecular weight is 1280 g/mol. The normalized spacial score (nSPS) is 48.9. The van der Waals surface area contributed by atoms with Gasteiger partial charge in [-0.1, -0.05) is 0 Å². The van der Waals surface area contributed by atoms with Crippen molar-refractivity contribution in [3.63, 3.8) is 0 Å². The van der Waals surface area contributed by atoms with Crippen molar-refractivity contribution in [2.24, 2.45) is 0 Å². The van der Waals surface area contributed by atoms with E-state index in [4.69, 9.17) is 61.6 Å². The van der Waals surface area contributed by atoms with E-state index in [1.807, 2.05) is 0 Å². The second kappa shape index (κ2) is 31.1. The van der Waals surface area contributed by atoms with Crippen molar-refractivity contribution in [2.45, 2.75) is 236 Å². The summed E-state index contributed by atoms with van der Waals surface area (Å²) in [5, 5.41) is 223. The Bertz CT molecular complexity index is 2190. The molecule has 39 heteroatoms. The van der Waals surface area contributed by atoms with Gasteiger partial charge in [0, 0.05) is 20.8 Å². The van der Waals surface area contributed by atoms with Gasteiger partial charge in [-0.2, -0.15) is 0 Å². The molecule has 7 aliphatic rings. The first-order chi connectivity index (χ1) is 41.1. The number of carbonyl (C=O) groups excluding carboxylic acids is 3. The van der Waals surface area contributed by atoms with Crippen LogP contribution in [0.5, 0.6) is 0 Å². The fraction of sp³-hybridized carbons (Fsp3) is 0.938. The quantitative estimate of drug-likeness (QED) is 0.0479. The minimum absolute atomic E-state index is 0.754. The topological polar surface area (TPSA) is 612 Å². The Balaban J connectivity index is 1.06. The number of carbonyl (C=O) groups is 3. The molecule has 0 spiro atoms. The molecule has 35 atom stereocenters. The summed E-state index contributed by atoms with van der Waals surface area (Å²) in [7, 11) is 0. The summed E-state index contributed by atoms with van der Waals surface area (Å²) >= 11 is 0.